The molecular weight excluding hydrogens is 448 g/mol. The zero-order valence-corrected chi connectivity index (χ0v) is 21.5. The third-order valence-electron chi connectivity index (χ3n) is 6.51. The predicted molar refractivity (Wildman–Crippen MR) is 137 cm³/mol. The first-order valence-electron chi connectivity index (χ1n) is 11.9. The molecule has 2 aromatic rings. The number of carbonyl (C=O) groups is 2. The molecule has 184 valence electrons. The van der Waals surface area contributed by atoms with E-state index in [1.54, 1.807) is 19.1 Å². The highest BCUT2D eigenvalue weighted by Crippen LogP contribution is 2.29. The standard InChI is InChI=1S/C27H36N2O4S/c1-28(17-16-20-14-15-23(32-3)24(18-20)33-4)27(31)22-12-8-9-13-25(22)34-19-26(30)29(2)21-10-6-5-7-11-21/h8-9,12-15,18,21H,5-7,10-11,16-17,19H2,1-4H3. The maximum absolute atomic E-state index is 13.2. The van der Waals surface area contributed by atoms with Crippen molar-refractivity contribution in [1.29, 1.82) is 0 Å². The Bertz CT molecular complexity index is 975. The Morgan fingerprint density at radius 3 is 2.38 bits per heavy atom. The summed E-state index contributed by atoms with van der Waals surface area (Å²) in [4.78, 5) is 30.5. The third-order valence-corrected chi connectivity index (χ3v) is 7.57. The van der Waals surface area contributed by atoms with Crippen molar-refractivity contribution in [2.24, 2.45) is 0 Å². The Morgan fingerprint density at radius 2 is 1.68 bits per heavy atom. The third kappa shape index (κ3) is 6.69. The number of rotatable bonds is 10. The molecule has 34 heavy (non-hydrogen) atoms. The van der Waals surface area contributed by atoms with Gasteiger partial charge in [-0.15, -0.1) is 11.8 Å². The number of thioether (sulfide) groups is 1. The molecule has 2 aromatic carbocycles. The minimum absolute atomic E-state index is 0.0448. The van der Waals surface area contributed by atoms with Gasteiger partial charge in [0.05, 0.1) is 25.5 Å². The number of ether oxygens (including phenoxy) is 2. The quantitative estimate of drug-likeness (QED) is 0.449. The fraction of sp³-hybridized carbons (Fsp3) is 0.481. The van der Waals surface area contributed by atoms with E-state index in [0.717, 1.165) is 23.3 Å². The van der Waals surface area contributed by atoms with Gasteiger partial charge in [0.15, 0.2) is 11.5 Å². The molecule has 1 saturated carbocycles. The Balaban J connectivity index is 1.59. The normalized spacial score (nSPS) is 13.9. The zero-order chi connectivity index (χ0) is 24.5. The first-order chi connectivity index (χ1) is 16.4. The number of nitrogens with zero attached hydrogens (tertiary/aromatic N) is 2. The first kappa shape index (κ1) is 25.9. The second-order valence-electron chi connectivity index (χ2n) is 8.75. The van der Waals surface area contributed by atoms with Crippen LogP contribution in [0.5, 0.6) is 11.5 Å². The zero-order valence-electron chi connectivity index (χ0n) is 20.7. The minimum atomic E-state index is -0.0448. The lowest BCUT2D eigenvalue weighted by molar-refractivity contribution is -0.129. The highest BCUT2D eigenvalue weighted by Gasteiger charge is 2.23. The second kappa shape index (κ2) is 12.7. The van der Waals surface area contributed by atoms with Crippen LogP contribution in [0.2, 0.25) is 0 Å². The van der Waals surface area contributed by atoms with E-state index in [-0.39, 0.29) is 11.8 Å². The topological polar surface area (TPSA) is 59.1 Å². The molecule has 2 amide bonds. The van der Waals surface area contributed by atoms with Crippen molar-refractivity contribution in [2.45, 2.75) is 49.5 Å². The molecule has 7 heteroatoms. The van der Waals surface area contributed by atoms with Crippen molar-refractivity contribution in [3.63, 3.8) is 0 Å². The van der Waals surface area contributed by atoms with E-state index in [9.17, 15) is 9.59 Å². The van der Waals surface area contributed by atoms with Gasteiger partial charge in [0.1, 0.15) is 0 Å². The van der Waals surface area contributed by atoms with Crippen LogP contribution in [0.4, 0.5) is 0 Å². The average Bonchev–Trinajstić information content (AvgIpc) is 2.89. The summed E-state index contributed by atoms with van der Waals surface area (Å²) in [5, 5.41) is 0. The van der Waals surface area contributed by atoms with Crippen LogP contribution in [-0.2, 0) is 11.2 Å². The van der Waals surface area contributed by atoms with Crippen molar-refractivity contribution in [1.82, 2.24) is 9.80 Å². The number of likely N-dealkylation sites (N-methyl/N-ethyl adjacent to an activating group) is 1. The number of hydrogen-bond acceptors (Lipinski definition) is 5. The van der Waals surface area contributed by atoms with E-state index in [2.05, 4.69) is 0 Å². The van der Waals surface area contributed by atoms with Gasteiger partial charge in [-0.2, -0.15) is 0 Å². The Kier molecular flexibility index (Phi) is 9.69. The maximum atomic E-state index is 13.2. The summed E-state index contributed by atoms with van der Waals surface area (Å²) in [6.45, 7) is 0.566. The number of benzene rings is 2. The molecule has 0 bridgehead atoms. The maximum Gasteiger partial charge on any atom is 0.254 e. The number of carbonyl (C=O) groups excluding carboxylic acids is 2. The van der Waals surface area contributed by atoms with E-state index >= 15 is 0 Å². The van der Waals surface area contributed by atoms with E-state index in [1.165, 1.54) is 31.0 Å². The number of methoxy groups -OCH3 is 2. The van der Waals surface area contributed by atoms with Gasteiger partial charge in [0.25, 0.3) is 5.91 Å². The molecule has 0 radical (unpaired) electrons. The van der Waals surface area contributed by atoms with Crippen LogP contribution in [0, 0.1) is 0 Å². The van der Waals surface area contributed by atoms with E-state index < -0.39 is 0 Å². The lowest BCUT2D eigenvalue weighted by Crippen LogP contribution is -2.39. The Morgan fingerprint density at radius 1 is 0.971 bits per heavy atom. The molecule has 1 aliphatic carbocycles. The van der Waals surface area contributed by atoms with Crippen LogP contribution in [0.15, 0.2) is 47.4 Å². The van der Waals surface area contributed by atoms with Gasteiger partial charge in [-0.25, -0.2) is 0 Å². The molecule has 0 N–H and O–H groups in total. The summed E-state index contributed by atoms with van der Waals surface area (Å²) >= 11 is 1.45. The highest BCUT2D eigenvalue weighted by molar-refractivity contribution is 8.00. The van der Waals surface area contributed by atoms with Crippen LogP contribution in [-0.4, -0.2) is 68.3 Å². The van der Waals surface area contributed by atoms with Crippen LogP contribution in [0.3, 0.4) is 0 Å². The van der Waals surface area contributed by atoms with Crippen molar-refractivity contribution in [3.05, 3.63) is 53.6 Å². The van der Waals surface area contributed by atoms with E-state index in [1.807, 2.05) is 61.5 Å². The lowest BCUT2D eigenvalue weighted by atomic mass is 9.94. The van der Waals surface area contributed by atoms with Crippen molar-refractivity contribution >= 4 is 23.6 Å². The highest BCUT2D eigenvalue weighted by atomic mass is 32.2. The molecule has 6 nitrogen and oxygen atoms in total. The van der Waals surface area contributed by atoms with Gasteiger partial charge >= 0.3 is 0 Å². The number of hydrogen-bond donors (Lipinski definition) is 0. The molecule has 0 aliphatic heterocycles. The molecule has 3 rings (SSSR count). The van der Waals surface area contributed by atoms with Gasteiger partial charge in [-0.3, -0.25) is 9.59 Å². The summed E-state index contributed by atoms with van der Waals surface area (Å²) < 4.78 is 10.7. The van der Waals surface area contributed by atoms with Crippen LogP contribution < -0.4 is 9.47 Å². The summed E-state index contributed by atoms with van der Waals surface area (Å²) in [6, 6.07) is 13.7. The van der Waals surface area contributed by atoms with Gasteiger partial charge in [0.2, 0.25) is 5.91 Å². The van der Waals surface area contributed by atoms with Gasteiger partial charge in [-0.1, -0.05) is 37.5 Å². The summed E-state index contributed by atoms with van der Waals surface area (Å²) in [6.07, 6.45) is 6.54. The fourth-order valence-corrected chi connectivity index (χ4v) is 5.29. The largest absolute Gasteiger partial charge is 0.493 e. The first-order valence-corrected chi connectivity index (χ1v) is 12.9. The van der Waals surface area contributed by atoms with Crippen LogP contribution in [0.25, 0.3) is 0 Å². The molecule has 1 fully saturated rings. The fourth-order valence-electron chi connectivity index (χ4n) is 4.32. The van der Waals surface area contributed by atoms with E-state index in [0.29, 0.717) is 41.8 Å². The molecule has 1 aliphatic rings. The molecule has 0 spiro atoms. The van der Waals surface area contributed by atoms with Gasteiger partial charge in [0, 0.05) is 31.6 Å². The minimum Gasteiger partial charge on any atom is -0.493 e. The smallest absolute Gasteiger partial charge is 0.254 e. The second-order valence-corrected chi connectivity index (χ2v) is 9.76. The van der Waals surface area contributed by atoms with E-state index in [4.69, 9.17) is 9.47 Å². The Labute approximate surface area is 207 Å². The predicted octanol–water partition coefficient (Wildman–Crippen LogP) is 4.90. The SMILES string of the molecule is COc1ccc(CCN(C)C(=O)c2ccccc2SCC(=O)N(C)C2CCCCC2)cc1OC. The molecule has 0 atom stereocenters. The monoisotopic (exact) mass is 484 g/mol. The van der Waals surface area contributed by atoms with Crippen molar-refractivity contribution < 1.29 is 19.1 Å². The van der Waals surface area contributed by atoms with Crippen molar-refractivity contribution in [3.8, 4) is 11.5 Å². The lowest BCUT2D eigenvalue weighted by Gasteiger charge is -2.31. The molecule has 0 unspecified atom stereocenters. The molecular formula is C27H36N2O4S. The summed E-state index contributed by atoms with van der Waals surface area (Å²) in [5.41, 5.74) is 1.70. The van der Waals surface area contributed by atoms with Gasteiger partial charge < -0.3 is 19.3 Å². The molecule has 0 aromatic heterocycles. The average molecular weight is 485 g/mol. The number of amides is 2. The summed E-state index contributed by atoms with van der Waals surface area (Å²) in [7, 11) is 6.95. The summed E-state index contributed by atoms with van der Waals surface area (Å²) in [5.74, 6) is 1.79. The Hall–Kier alpha value is -2.67. The van der Waals surface area contributed by atoms with Crippen molar-refractivity contribution in [2.75, 3.05) is 40.6 Å². The molecule has 0 heterocycles. The van der Waals surface area contributed by atoms with Crippen LogP contribution in [0.1, 0.15) is 48.0 Å². The molecule has 0 saturated heterocycles. The van der Waals surface area contributed by atoms with Gasteiger partial charge in [-0.05, 0) is 49.1 Å². The van der Waals surface area contributed by atoms with Crippen LogP contribution >= 0.6 is 11.8 Å².